The Morgan fingerprint density at radius 3 is 2.53 bits per heavy atom. The average Bonchev–Trinajstić information content (AvgIpc) is 2.71. The van der Waals surface area contributed by atoms with Crippen molar-refractivity contribution < 1.29 is 23.1 Å². The Kier molecular flexibility index (Phi) is 6.19. The van der Waals surface area contributed by atoms with Crippen LogP contribution in [0, 0.1) is 0 Å². The fraction of sp³-hybridized carbons (Fsp3) is 0.238. The first kappa shape index (κ1) is 21.9. The lowest BCUT2D eigenvalue weighted by Crippen LogP contribution is -2.27. The normalized spacial score (nSPS) is 12.7. The Balaban J connectivity index is 1.97. The Morgan fingerprint density at radius 1 is 1.17 bits per heavy atom. The van der Waals surface area contributed by atoms with Crippen LogP contribution in [0.2, 0.25) is 5.02 Å². The number of pyridine rings is 1. The number of rotatable bonds is 5. The summed E-state index contributed by atoms with van der Waals surface area (Å²) >= 11 is 6.18. The molecule has 1 amide bonds. The van der Waals surface area contributed by atoms with E-state index < -0.39 is 29.2 Å². The number of carbonyl (C=O) groups is 1. The topological polar surface area (TPSA) is 71.3 Å². The zero-order valence-electron chi connectivity index (χ0n) is 15.8. The molecule has 0 spiro atoms. The van der Waals surface area contributed by atoms with Crippen LogP contribution in [0.1, 0.15) is 34.5 Å². The van der Waals surface area contributed by atoms with Gasteiger partial charge in [-0.25, -0.2) is 0 Å². The molecule has 3 aromatic rings. The molecule has 2 aromatic carbocycles. The van der Waals surface area contributed by atoms with Crippen molar-refractivity contribution in [2.45, 2.75) is 25.7 Å². The number of alkyl halides is 3. The van der Waals surface area contributed by atoms with Crippen molar-refractivity contribution in [1.29, 1.82) is 0 Å². The van der Waals surface area contributed by atoms with Gasteiger partial charge in [-0.3, -0.25) is 9.59 Å². The largest absolute Gasteiger partial charge is 0.416 e. The van der Waals surface area contributed by atoms with Crippen molar-refractivity contribution in [3.05, 3.63) is 80.7 Å². The number of halogens is 4. The lowest BCUT2D eigenvalue weighted by Gasteiger charge is -2.16. The van der Waals surface area contributed by atoms with Gasteiger partial charge in [-0.2, -0.15) is 13.2 Å². The van der Waals surface area contributed by atoms with Gasteiger partial charge < -0.3 is 15.0 Å². The lowest BCUT2D eigenvalue weighted by molar-refractivity contribution is -0.138. The summed E-state index contributed by atoms with van der Waals surface area (Å²) in [6.07, 6.45) is -3.11. The maximum Gasteiger partial charge on any atom is 0.416 e. The van der Waals surface area contributed by atoms with E-state index in [1.54, 1.807) is 6.92 Å². The third kappa shape index (κ3) is 4.20. The number of hydrogen-bond acceptors (Lipinski definition) is 3. The van der Waals surface area contributed by atoms with Gasteiger partial charge in [0.2, 0.25) is 0 Å². The molecule has 0 fully saturated rings. The first-order valence-electron chi connectivity index (χ1n) is 9.02. The Bertz CT molecular complexity index is 1160. The summed E-state index contributed by atoms with van der Waals surface area (Å²) in [6, 6.07) is 8.86. The highest BCUT2D eigenvalue weighted by atomic mass is 35.5. The summed E-state index contributed by atoms with van der Waals surface area (Å²) in [4.78, 5) is 25.5. The van der Waals surface area contributed by atoms with Crippen LogP contribution in [0.25, 0.3) is 10.8 Å². The summed E-state index contributed by atoms with van der Waals surface area (Å²) in [5, 5.41) is 12.3. The van der Waals surface area contributed by atoms with E-state index in [4.69, 9.17) is 11.6 Å². The fourth-order valence-electron chi connectivity index (χ4n) is 3.19. The van der Waals surface area contributed by atoms with Crippen molar-refractivity contribution >= 4 is 28.3 Å². The monoisotopic (exact) mass is 438 g/mol. The van der Waals surface area contributed by atoms with Gasteiger partial charge in [0.25, 0.3) is 11.5 Å². The number of carbonyl (C=O) groups excluding carboxylic acids is 1. The second kappa shape index (κ2) is 8.49. The number of benzene rings is 2. The fourth-order valence-corrected chi connectivity index (χ4v) is 3.45. The molecule has 0 bridgehead atoms. The highest BCUT2D eigenvalue weighted by molar-refractivity contribution is 6.35. The van der Waals surface area contributed by atoms with Crippen LogP contribution in [0.15, 0.2) is 53.5 Å². The molecule has 2 N–H and O–H groups in total. The Morgan fingerprint density at radius 2 is 1.87 bits per heavy atom. The van der Waals surface area contributed by atoms with Gasteiger partial charge in [0, 0.05) is 23.5 Å². The molecule has 0 unspecified atom stereocenters. The second-order valence-corrected chi connectivity index (χ2v) is 7.19. The van der Waals surface area contributed by atoms with Crippen LogP contribution in [0.3, 0.4) is 0 Å². The zero-order valence-corrected chi connectivity index (χ0v) is 16.6. The van der Waals surface area contributed by atoms with Crippen molar-refractivity contribution in [3.8, 4) is 0 Å². The molecule has 9 heteroatoms. The molecule has 0 aliphatic carbocycles. The second-order valence-electron chi connectivity index (χ2n) is 6.78. The van der Waals surface area contributed by atoms with Gasteiger partial charge in [0.1, 0.15) is 0 Å². The SMILES string of the molecule is C[C@H](CO)n1ccc2c(C(=O)NCc3ccccc3C(F)(F)F)c(Cl)ccc2c1=O. The van der Waals surface area contributed by atoms with Crippen molar-refractivity contribution in [1.82, 2.24) is 9.88 Å². The number of aliphatic hydroxyl groups excluding tert-OH is 1. The lowest BCUT2D eigenvalue weighted by atomic mass is 10.0. The van der Waals surface area contributed by atoms with Gasteiger partial charge in [-0.05, 0) is 36.8 Å². The highest BCUT2D eigenvalue weighted by Crippen LogP contribution is 2.32. The number of hydrogen-bond donors (Lipinski definition) is 2. The predicted molar refractivity (Wildman–Crippen MR) is 108 cm³/mol. The molecular formula is C21H18ClF3N2O3. The van der Waals surface area contributed by atoms with Crippen LogP contribution in [0.4, 0.5) is 13.2 Å². The number of aromatic nitrogens is 1. The van der Waals surface area contributed by atoms with Gasteiger partial charge in [0.15, 0.2) is 0 Å². The van der Waals surface area contributed by atoms with E-state index in [2.05, 4.69) is 5.32 Å². The summed E-state index contributed by atoms with van der Waals surface area (Å²) in [7, 11) is 0. The molecule has 1 aromatic heterocycles. The van der Waals surface area contributed by atoms with Crippen LogP contribution in [-0.4, -0.2) is 22.2 Å². The van der Waals surface area contributed by atoms with Crippen LogP contribution >= 0.6 is 11.6 Å². The van der Waals surface area contributed by atoms with Gasteiger partial charge >= 0.3 is 6.18 Å². The molecule has 5 nitrogen and oxygen atoms in total. The summed E-state index contributed by atoms with van der Waals surface area (Å²) in [5.74, 6) is -0.699. The summed E-state index contributed by atoms with van der Waals surface area (Å²) < 4.78 is 40.8. The van der Waals surface area contributed by atoms with Crippen molar-refractivity contribution in [2.24, 2.45) is 0 Å². The average molecular weight is 439 g/mol. The van der Waals surface area contributed by atoms with Crippen molar-refractivity contribution in [2.75, 3.05) is 6.61 Å². The number of nitrogens with one attached hydrogen (secondary N) is 1. The maximum atomic E-state index is 13.2. The molecule has 3 rings (SSSR count). The number of amides is 1. The molecule has 30 heavy (non-hydrogen) atoms. The standard InChI is InChI=1S/C21H18ClF3N2O3/c1-12(11-28)27-9-8-14-15(20(27)30)6-7-17(22)18(14)19(29)26-10-13-4-2-3-5-16(13)21(23,24)25/h2-9,12,28H,10-11H2,1H3,(H,26,29)/t12-/m1/s1. The quantitative estimate of drug-likeness (QED) is 0.628. The van der Waals surface area contributed by atoms with Crippen LogP contribution < -0.4 is 10.9 Å². The van der Waals surface area contributed by atoms with E-state index >= 15 is 0 Å². The van der Waals surface area contributed by atoms with Crippen LogP contribution in [0.5, 0.6) is 0 Å². The number of fused-ring (bicyclic) bond motifs is 1. The van der Waals surface area contributed by atoms with Gasteiger partial charge in [-0.15, -0.1) is 0 Å². The minimum absolute atomic E-state index is 0.000409. The Labute approximate surface area is 174 Å². The summed E-state index contributed by atoms with van der Waals surface area (Å²) in [5.41, 5.74) is -1.34. The molecule has 1 atom stereocenters. The minimum atomic E-state index is -4.55. The third-order valence-corrected chi connectivity index (χ3v) is 5.10. The van der Waals surface area contributed by atoms with E-state index in [0.717, 1.165) is 6.07 Å². The first-order chi connectivity index (χ1) is 14.1. The summed E-state index contributed by atoms with van der Waals surface area (Å²) in [6.45, 7) is 1.06. The Hall–Kier alpha value is -2.84. The van der Waals surface area contributed by atoms with E-state index in [-0.39, 0.29) is 40.1 Å². The molecular weight excluding hydrogens is 421 g/mol. The third-order valence-electron chi connectivity index (χ3n) is 4.79. The smallest absolute Gasteiger partial charge is 0.394 e. The molecule has 0 saturated heterocycles. The van der Waals surface area contributed by atoms with Gasteiger partial charge in [-0.1, -0.05) is 29.8 Å². The molecule has 1 heterocycles. The van der Waals surface area contributed by atoms with E-state index in [1.807, 2.05) is 0 Å². The number of aliphatic hydroxyl groups is 1. The van der Waals surface area contributed by atoms with E-state index in [9.17, 15) is 27.9 Å². The predicted octanol–water partition coefficient (Wildman–Crippen LogP) is 4.16. The van der Waals surface area contributed by atoms with Gasteiger partial charge in [0.05, 0.1) is 28.8 Å². The molecule has 158 valence electrons. The number of nitrogens with zero attached hydrogens (tertiary/aromatic N) is 1. The molecule has 0 saturated carbocycles. The highest BCUT2D eigenvalue weighted by Gasteiger charge is 2.33. The first-order valence-corrected chi connectivity index (χ1v) is 9.40. The molecule has 0 aliphatic rings. The zero-order chi connectivity index (χ0) is 22.1. The van der Waals surface area contributed by atoms with Crippen molar-refractivity contribution in [3.63, 3.8) is 0 Å². The van der Waals surface area contributed by atoms with E-state index in [1.165, 1.54) is 47.2 Å². The van der Waals surface area contributed by atoms with Crippen LogP contribution in [-0.2, 0) is 12.7 Å². The minimum Gasteiger partial charge on any atom is -0.394 e. The van der Waals surface area contributed by atoms with E-state index in [0.29, 0.717) is 0 Å². The molecule has 0 radical (unpaired) electrons. The molecule has 0 aliphatic heterocycles. The maximum absolute atomic E-state index is 13.2.